The van der Waals surface area contributed by atoms with Crippen molar-refractivity contribution >= 4 is 23.1 Å². The molecule has 0 saturated heterocycles. The Balaban J connectivity index is 2.15. The third kappa shape index (κ3) is 2.67. The van der Waals surface area contributed by atoms with E-state index < -0.39 is 5.54 Å². The van der Waals surface area contributed by atoms with E-state index in [0.717, 1.165) is 25.7 Å². The molecule has 1 fully saturated rings. The van der Waals surface area contributed by atoms with E-state index in [1.807, 2.05) is 0 Å². The molecule has 0 bridgehead atoms. The number of nitrogens with two attached hydrogens (primary N) is 1. The van der Waals surface area contributed by atoms with E-state index in [1.54, 1.807) is 24.4 Å². The van der Waals surface area contributed by atoms with E-state index in [0.29, 0.717) is 10.7 Å². The van der Waals surface area contributed by atoms with Gasteiger partial charge in [-0.05, 0) is 25.0 Å². The van der Waals surface area contributed by atoms with Crippen LogP contribution < -0.4 is 11.1 Å². The minimum absolute atomic E-state index is 0.203. The van der Waals surface area contributed by atoms with Gasteiger partial charge in [0.25, 0.3) is 5.91 Å². The number of nitrogens with one attached hydrogen (secondary N) is 1. The van der Waals surface area contributed by atoms with E-state index in [4.69, 9.17) is 18.0 Å². The molecule has 0 aromatic carbocycles. The summed E-state index contributed by atoms with van der Waals surface area (Å²) in [5.41, 5.74) is 5.70. The summed E-state index contributed by atoms with van der Waals surface area (Å²) in [6.45, 7) is 0. The van der Waals surface area contributed by atoms with Crippen LogP contribution in [0.25, 0.3) is 0 Å². The average molecular weight is 263 g/mol. The molecule has 4 nitrogen and oxygen atoms in total. The van der Waals surface area contributed by atoms with Gasteiger partial charge >= 0.3 is 0 Å². The molecule has 1 aromatic rings. The van der Waals surface area contributed by atoms with Gasteiger partial charge in [-0.2, -0.15) is 0 Å². The molecule has 0 unspecified atom stereocenters. The lowest BCUT2D eigenvalue weighted by Crippen LogP contribution is -2.57. The van der Waals surface area contributed by atoms with E-state index in [1.165, 1.54) is 6.42 Å². The molecule has 2 rings (SSSR count). The molecule has 0 atom stereocenters. The summed E-state index contributed by atoms with van der Waals surface area (Å²) in [7, 11) is 0. The summed E-state index contributed by atoms with van der Waals surface area (Å²) in [5, 5.41) is 2.98. The second-order valence-electron chi connectivity index (χ2n) is 4.68. The summed E-state index contributed by atoms with van der Waals surface area (Å²) in [6, 6.07) is 5.25. The maximum atomic E-state index is 12.1. The number of pyridine rings is 1. The SMILES string of the molecule is NC(=S)C1(NC(=O)c2ccccn2)CCCCC1. The van der Waals surface area contributed by atoms with Gasteiger partial charge in [0.05, 0.1) is 10.5 Å². The zero-order valence-corrected chi connectivity index (χ0v) is 11.0. The maximum absolute atomic E-state index is 12.1. The molecule has 18 heavy (non-hydrogen) atoms. The minimum Gasteiger partial charge on any atom is -0.391 e. The number of amides is 1. The lowest BCUT2D eigenvalue weighted by molar-refractivity contribution is 0.0903. The second-order valence-corrected chi connectivity index (χ2v) is 5.12. The number of rotatable bonds is 3. The van der Waals surface area contributed by atoms with E-state index in [2.05, 4.69) is 10.3 Å². The van der Waals surface area contributed by atoms with Crippen LogP contribution in [0.1, 0.15) is 42.6 Å². The standard InChI is InChI=1S/C13H17N3OS/c14-12(18)13(7-3-1-4-8-13)16-11(17)10-6-2-5-9-15-10/h2,5-6,9H,1,3-4,7-8H2,(H2,14,18)(H,16,17). The number of aromatic nitrogens is 1. The molecule has 1 aromatic heterocycles. The zero-order chi connectivity index (χ0) is 13.0. The van der Waals surface area contributed by atoms with Gasteiger partial charge in [-0.1, -0.05) is 37.5 Å². The number of nitrogens with zero attached hydrogens (tertiary/aromatic N) is 1. The number of hydrogen-bond acceptors (Lipinski definition) is 3. The van der Waals surface area contributed by atoms with Gasteiger partial charge < -0.3 is 11.1 Å². The lowest BCUT2D eigenvalue weighted by atomic mass is 9.81. The van der Waals surface area contributed by atoms with Crippen LogP contribution in [0.15, 0.2) is 24.4 Å². The van der Waals surface area contributed by atoms with Crippen LogP contribution in [-0.4, -0.2) is 21.4 Å². The molecule has 96 valence electrons. The summed E-state index contributed by atoms with van der Waals surface area (Å²) < 4.78 is 0. The van der Waals surface area contributed by atoms with E-state index in [9.17, 15) is 4.79 Å². The first-order valence-electron chi connectivity index (χ1n) is 6.17. The maximum Gasteiger partial charge on any atom is 0.270 e. The fourth-order valence-electron chi connectivity index (χ4n) is 2.37. The molecular formula is C13H17N3OS. The Kier molecular flexibility index (Phi) is 3.91. The van der Waals surface area contributed by atoms with Crippen molar-refractivity contribution < 1.29 is 4.79 Å². The van der Waals surface area contributed by atoms with Crippen molar-refractivity contribution in [3.63, 3.8) is 0 Å². The van der Waals surface area contributed by atoms with Crippen molar-refractivity contribution in [1.29, 1.82) is 0 Å². The van der Waals surface area contributed by atoms with Gasteiger partial charge in [0.1, 0.15) is 5.69 Å². The number of carbonyl (C=O) groups excluding carboxylic acids is 1. The molecule has 0 radical (unpaired) electrons. The molecule has 1 heterocycles. The number of hydrogen-bond donors (Lipinski definition) is 2. The Morgan fingerprint density at radius 1 is 1.33 bits per heavy atom. The Bertz CT molecular complexity index is 441. The average Bonchev–Trinajstić information content (AvgIpc) is 2.40. The van der Waals surface area contributed by atoms with Crippen molar-refractivity contribution in [2.45, 2.75) is 37.6 Å². The molecular weight excluding hydrogens is 246 g/mol. The largest absolute Gasteiger partial charge is 0.391 e. The molecule has 0 aliphatic heterocycles. The van der Waals surface area contributed by atoms with Crippen molar-refractivity contribution in [3.05, 3.63) is 30.1 Å². The van der Waals surface area contributed by atoms with Gasteiger partial charge in [-0.25, -0.2) is 0 Å². The minimum atomic E-state index is -0.526. The summed E-state index contributed by atoms with van der Waals surface area (Å²) >= 11 is 5.14. The topological polar surface area (TPSA) is 68.0 Å². The number of thiocarbonyl (C=S) groups is 1. The zero-order valence-electron chi connectivity index (χ0n) is 10.2. The normalized spacial score (nSPS) is 18.0. The van der Waals surface area contributed by atoms with Crippen LogP contribution in [0.2, 0.25) is 0 Å². The van der Waals surface area contributed by atoms with Crippen molar-refractivity contribution in [1.82, 2.24) is 10.3 Å². The van der Waals surface area contributed by atoms with Crippen LogP contribution in [0.5, 0.6) is 0 Å². The Hall–Kier alpha value is -1.49. The molecule has 0 spiro atoms. The fraction of sp³-hybridized carbons (Fsp3) is 0.462. The molecule has 1 aliphatic rings. The molecule has 1 amide bonds. The van der Waals surface area contributed by atoms with Gasteiger partial charge in [0.2, 0.25) is 0 Å². The lowest BCUT2D eigenvalue weighted by Gasteiger charge is -2.37. The predicted molar refractivity (Wildman–Crippen MR) is 74.3 cm³/mol. The molecule has 5 heteroatoms. The second kappa shape index (κ2) is 5.44. The quantitative estimate of drug-likeness (QED) is 0.816. The predicted octanol–water partition coefficient (Wildman–Crippen LogP) is 1.80. The van der Waals surface area contributed by atoms with Gasteiger partial charge in [0, 0.05) is 6.20 Å². The van der Waals surface area contributed by atoms with E-state index in [-0.39, 0.29) is 5.91 Å². The van der Waals surface area contributed by atoms with Crippen LogP contribution in [0, 0.1) is 0 Å². The number of carbonyl (C=O) groups is 1. The summed E-state index contributed by atoms with van der Waals surface area (Å²) in [4.78, 5) is 16.6. The van der Waals surface area contributed by atoms with Crippen molar-refractivity contribution in [2.24, 2.45) is 5.73 Å². The smallest absolute Gasteiger partial charge is 0.270 e. The van der Waals surface area contributed by atoms with Gasteiger partial charge in [-0.3, -0.25) is 9.78 Å². The van der Waals surface area contributed by atoms with Crippen LogP contribution in [0.3, 0.4) is 0 Å². The first kappa shape index (κ1) is 13.0. The Morgan fingerprint density at radius 2 is 2.06 bits per heavy atom. The molecule has 1 aliphatic carbocycles. The van der Waals surface area contributed by atoms with Crippen molar-refractivity contribution in [3.8, 4) is 0 Å². The van der Waals surface area contributed by atoms with Crippen molar-refractivity contribution in [2.75, 3.05) is 0 Å². The first-order valence-corrected chi connectivity index (χ1v) is 6.58. The highest BCUT2D eigenvalue weighted by Crippen LogP contribution is 2.28. The van der Waals surface area contributed by atoms with Gasteiger partial charge in [0.15, 0.2) is 0 Å². The summed E-state index contributed by atoms with van der Waals surface area (Å²) in [5.74, 6) is -0.203. The monoisotopic (exact) mass is 263 g/mol. The Morgan fingerprint density at radius 3 is 2.61 bits per heavy atom. The fourth-order valence-corrected chi connectivity index (χ4v) is 2.62. The van der Waals surface area contributed by atoms with Gasteiger partial charge in [-0.15, -0.1) is 0 Å². The molecule has 3 N–H and O–H groups in total. The third-order valence-corrected chi connectivity index (χ3v) is 3.82. The molecule has 1 saturated carbocycles. The summed E-state index contributed by atoms with van der Waals surface area (Å²) in [6.07, 6.45) is 6.49. The van der Waals surface area contributed by atoms with E-state index >= 15 is 0 Å². The van der Waals surface area contributed by atoms with Crippen LogP contribution in [0.4, 0.5) is 0 Å². The highest BCUT2D eigenvalue weighted by molar-refractivity contribution is 7.80. The highest BCUT2D eigenvalue weighted by atomic mass is 32.1. The first-order chi connectivity index (χ1) is 8.64. The Labute approximate surface area is 112 Å². The van der Waals surface area contributed by atoms with Crippen LogP contribution in [-0.2, 0) is 0 Å². The third-order valence-electron chi connectivity index (χ3n) is 3.43. The highest BCUT2D eigenvalue weighted by Gasteiger charge is 2.36. The van der Waals surface area contributed by atoms with Crippen LogP contribution >= 0.6 is 12.2 Å².